The van der Waals surface area contributed by atoms with Gasteiger partial charge in [0.05, 0.1) is 31.2 Å². The summed E-state index contributed by atoms with van der Waals surface area (Å²) in [6.07, 6.45) is -0.0917. The van der Waals surface area contributed by atoms with Gasteiger partial charge in [0.25, 0.3) is 5.70 Å². The zero-order valence-corrected chi connectivity index (χ0v) is 9.67. The molecule has 0 saturated carbocycles. The zero-order chi connectivity index (χ0) is 13.0. The third-order valence-electron chi connectivity index (χ3n) is 2.05. The summed E-state index contributed by atoms with van der Waals surface area (Å²) in [7, 11) is 2.59. The molecule has 17 heavy (non-hydrogen) atoms. The topological polar surface area (TPSA) is 105 Å². The predicted molar refractivity (Wildman–Crippen MR) is 57.9 cm³/mol. The molecule has 1 heterocycles. The van der Waals surface area contributed by atoms with E-state index in [1.54, 1.807) is 0 Å². The summed E-state index contributed by atoms with van der Waals surface area (Å²) in [6.45, 7) is 1.33. The van der Waals surface area contributed by atoms with Crippen LogP contribution in [0.1, 0.15) is 13.3 Å². The van der Waals surface area contributed by atoms with E-state index in [9.17, 15) is 14.9 Å². The summed E-state index contributed by atoms with van der Waals surface area (Å²) >= 11 is 0. The number of amidine groups is 1. The Labute approximate surface area is 97.5 Å². The first kappa shape index (κ1) is 12.9. The fraction of sp³-hybridized carbons (Fsp3) is 0.556. The Morgan fingerprint density at radius 2 is 2.18 bits per heavy atom. The number of hydrogen-bond acceptors (Lipinski definition) is 6. The van der Waals surface area contributed by atoms with Crippen molar-refractivity contribution >= 4 is 11.8 Å². The highest BCUT2D eigenvalue weighted by molar-refractivity contribution is 5.91. The van der Waals surface area contributed by atoms with Gasteiger partial charge in [-0.2, -0.15) is 0 Å². The summed E-state index contributed by atoms with van der Waals surface area (Å²) < 4.78 is 9.61. The lowest BCUT2D eigenvalue weighted by Gasteiger charge is -2.29. The molecular formula is C9H12N3O5-. The summed E-state index contributed by atoms with van der Waals surface area (Å²) in [5, 5.41) is 14.8. The molecule has 0 bridgehead atoms. The SMILES string of the molecule is COC1=NC(OC)=C([N+](=O)[O-])C(CC(C)=O)[N-]1. The first-order chi connectivity index (χ1) is 7.99. The minimum absolute atomic E-state index is 0.0429. The number of aliphatic imine (C=N–C) groups is 1. The fourth-order valence-corrected chi connectivity index (χ4v) is 1.37. The molecule has 0 fully saturated rings. The van der Waals surface area contributed by atoms with Gasteiger partial charge < -0.3 is 24.6 Å². The van der Waals surface area contributed by atoms with Crippen LogP contribution in [0.3, 0.4) is 0 Å². The quantitative estimate of drug-likeness (QED) is 0.535. The molecule has 0 radical (unpaired) electrons. The van der Waals surface area contributed by atoms with Crippen LogP contribution in [0.4, 0.5) is 0 Å². The van der Waals surface area contributed by atoms with Crippen LogP contribution < -0.4 is 0 Å². The number of carbonyl (C=O) groups is 1. The van der Waals surface area contributed by atoms with E-state index in [0.29, 0.717) is 0 Å². The number of ether oxygens (including phenoxy) is 2. The number of rotatable bonds is 4. The predicted octanol–water partition coefficient (Wildman–Crippen LogP) is 0.816. The van der Waals surface area contributed by atoms with E-state index in [-0.39, 0.29) is 29.8 Å². The molecule has 0 spiro atoms. The number of nitrogens with zero attached hydrogens (tertiary/aromatic N) is 3. The minimum Gasteiger partial charge on any atom is -0.504 e. The average molecular weight is 242 g/mol. The number of hydrogen-bond donors (Lipinski definition) is 0. The van der Waals surface area contributed by atoms with Crippen molar-refractivity contribution in [1.29, 1.82) is 0 Å². The molecule has 0 aromatic carbocycles. The molecule has 8 heteroatoms. The van der Waals surface area contributed by atoms with Crippen LogP contribution in [0, 0.1) is 10.1 Å². The molecule has 1 aliphatic heterocycles. The number of carbonyl (C=O) groups excluding carboxylic acids is 1. The molecule has 0 aromatic rings. The van der Waals surface area contributed by atoms with E-state index >= 15 is 0 Å². The molecule has 1 aliphatic rings. The fourth-order valence-electron chi connectivity index (χ4n) is 1.37. The van der Waals surface area contributed by atoms with E-state index in [1.807, 2.05) is 0 Å². The molecule has 8 nitrogen and oxygen atoms in total. The average Bonchev–Trinajstić information content (AvgIpc) is 2.26. The molecule has 1 atom stereocenters. The molecule has 0 saturated heterocycles. The van der Waals surface area contributed by atoms with Gasteiger partial charge in [0.1, 0.15) is 5.78 Å². The molecule has 0 aromatic heterocycles. The molecule has 0 aliphatic carbocycles. The van der Waals surface area contributed by atoms with E-state index in [4.69, 9.17) is 9.47 Å². The Bertz CT molecular complexity index is 401. The van der Waals surface area contributed by atoms with Gasteiger partial charge in [-0.25, -0.2) is 0 Å². The van der Waals surface area contributed by atoms with Gasteiger partial charge in [-0.1, -0.05) is 0 Å². The highest BCUT2D eigenvalue weighted by atomic mass is 16.6. The molecule has 1 rings (SSSR count). The Morgan fingerprint density at radius 1 is 1.53 bits per heavy atom. The highest BCUT2D eigenvalue weighted by Crippen LogP contribution is 2.27. The van der Waals surface area contributed by atoms with Crippen LogP contribution in [-0.2, 0) is 14.3 Å². The van der Waals surface area contributed by atoms with Gasteiger partial charge in [0.15, 0.2) is 5.88 Å². The van der Waals surface area contributed by atoms with Crippen LogP contribution >= 0.6 is 0 Å². The molecule has 0 N–H and O–H groups in total. The summed E-state index contributed by atoms with van der Waals surface area (Å²) in [4.78, 5) is 25.0. The number of methoxy groups -OCH3 is 2. The van der Waals surface area contributed by atoms with Gasteiger partial charge in [-0.3, -0.25) is 10.1 Å². The standard InChI is InChI=1S/C9H12N3O5/c1-5(13)4-6-7(12(14)15)8(16-2)11-9(10-6)17-3/h6H,4H2,1-3H3/q-1. The van der Waals surface area contributed by atoms with Gasteiger partial charge in [0, 0.05) is 6.42 Å². The second-order valence-electron chi connectivity index (χ2n) is 3.30. The first-order valence-electron chi connectivity index (χ1n) is 4.75. The Hall–Kier alpha value is -2.12. The van der Waals surface area contributed by atoms with Crippen molar-refractivity contribution in [2.45, 2.75) is 19.4 Å². The third kappa shape index (κ3) is 2.92. The maximum absolute atomic E-state index is 11.0. The second-order valence-corrected chi connectivity index (χ2v) is 3.30. The second kappa shape index (κ2) is 5.28. The highest BCUT2D eigenvalue weighted by Gasteiger charge is 2.30. The Morgan fingerprint density at radius 3 is 2.59 bits per heavy atom. The number of ketones is 1. The smallest absolute Gasteiger partial charge is 0.287 e. The van der Waals surface area contributed by atoms with Crippen molar-refractivity contribution in [3.05, 3.63) is 27.0 Å². The van der Waals surface area contributed by atoms with E-state index < -0.39 is 11.0 Å². The van der Waals surface area contributed by atoms with E-state index in [2.05, 4.69) is 10.3 Å². The summed E-state index contributed by atoms with van der Waals surface area (Å²) in [6, 6.07) is -0.969. The lowest BCUT2D eigenvalue weighted by atomic mass is 10.1. The van der Waals surface area contributed by atoms with Gasteiger partial charge in [-0.15, -0.1) is 0 Å². The van der Waals surface area contributed by atoms with Crippen LogP contribution in [0.15, 0.2) is 16.6 Å². The van der Waals surface area contributed by atoms with Gasteiger partial charge in [0.2, 0.25) is 0 Å². The summed E-state index contributed by atoms with van der Waals surface area (Å²) in [5.74, 6) is -0.404. The zero-order valence-electron chi connectivity index (χ0n) is 9.67. The lowest BCUT2D eigenvalue weighted by Crippen LogP contribution is -2.28. The Balaban J connectivity index is 3.14. The lowest BCUT2D eigenvalue weighted by molar-refractivity contribution is -0.432. The Kier molecular flexibility index (Phi) is 4.02. The third-order valence-corrected chi connectivity index (χ3v) is 2.05. The van der Waals surface area contributed by atoms with E-state index in [1.165, 1.54) is 21.1 Å². The van der Waals surface area contributed by atoms with Crippen molar-refractivity contribution in [2.24, 2.45) is 4.99 Å². The van der Waals surface area contributed by atoms with Crippen molar-refractivity contribution in [1.82, 2.24) is 0 Å². The van der Waals surface area contributed by atoms with Gasteiger partial charge >= 0.3 is 0 Å². The van der Waals surface area contributed by atoms with Gasteiger partial charge in [-0.05, 0) is 6.92 Å². The summed E-state index contributed by atoms with van der Waals surface area (Å²) in [5.41, 5.74) is -0.330. The molecular weight excluding hydrogens is 230 g/mol. The monoisotopic (exact) mass is 242 g/mol. The molecule has 1 unspecified atom stereocenters. The van der Waals surface area contributed by atoms with Crippen molar-refractivity contribution < 1.29 is 19.2 Å². The van der Waals surface area contributed by atoms with Crippen molar-refractivity contribution in [3.63, 3.8) is 0 Å². The minimum atomic E-state index is -0.926. The molecule has 94 valence electrons. The van der Waals surface area contributed by atoms with E-state index in [0.717, 1.165) is 0 Å². The number of Topliss-reactive ketones (excluding diaryl/α,β-unsaturated/α-hetero) is 1. The van der Waals surface area contributed by atoms with Crippen molar-refractivity contribution in [2.75, 3.05) is 14.2 Å². The normalized spacial score (nSPS) is 19.2. The van der Waals surface area contributed by atoms with Crippen LogP contribution in [0.25, 0.3) is 5.32 Å². The van der Waals surface area contributed by atoms with Crippen LogP contribution in [0.2, 0.25) is 0 Å². The van der Waals surface area contributed by atoms with Crippen LogP contribution in [0.5, 0.6) is 0 Å². The van der Waals surface area contributed by atoms with Crippen molar-refractivity contribution in [3.8, 4) is 0 Å². The van der Waals surface area contributed by atoms with Crippen LogP contribution in [-0.4, -0.2) is 37.0 Å². The largest absolute Gasteiger partial charge is 0.504 e. The molecule has 0 amide bonds. The first-order valence-corrected chi connectivity index (χ1v) is 4.75. The maximum Gasteiger partial charge on any atom is 0.287 e. The maximum atomic E-state index is 11.0. The number of nitro groups is 1.